The van der Waals surface area contributed by atoms with Crippen LogP contribution in [0.1, 0.15) is 33.6 Å². The number of ether oxygens (including phenoxy) is 2. The summed E-state index contributed by atoms with van der Waals surface area (Å²) in [5, 5.41) is 2.19. The van der Waals surface area contributed by atoms with Crippen LogP contribution in [-0.4, -0.2) is 73.3 Å². The van der Waals surface area contributed by atoms with Gasteiger partial charge in [-0.15, -0.1) is 11.8 Å². The van der Waals surface area contributed by atoms with E-state index in [0.717, 1.165) is 4.90 Å². The number of piperidine rings is 1. The van der Waals surface area contributed by atoms with E-state index in [1.807, 2.05) is 0 Å². The molecule has 3 rings (SSSR count). The minimum Gasteiger partial charge on any atom is -0.378 e. The molecule has 0 bridgehead atoms. The van der Waals surface area contributed by atoms with Crippen molar-refractivity contribution in [3.8, 4) is 0 Å². The zero-order valence-corrected chi connectivity index (χ0v) is 16.7. The zero-order valence-electron chi connectivity index (χ0n) is 15.8. The van der Waals surface area contributed by atoms with Crippen molar-refractivity contribution in [3.63, 3.8) is 0 Å². The lowest BCUT2D eigenvalue weighted by molar-refractivity contribution is -0.136. The van der Waals surface area contributed by atoms with Gasteiger partial charge in [0, 0.05) is 23.6 Å². The molecular formula is C19H23N3O6S. The van der Waals surface area contributed by atoms with Crippen molar-refractivity contribution < 1.29 is 28.7 Å². The van der Waals surface area contributed by atoms with E-state index >= 15 is 0 Å². The van der Waals surface area contributed by atoms with Gasteiger partial charge in [-0.05, 0) is 18.6 Å². The molecule has 1 atom stereocenters. The quantitative estimate of drug-likeness (QED) is 0.311. The molecule has 4 amide bonds. The molecule has 9 nitrogen and oxygen atoms in total. The van der Waals surface area contributed by atoms with Gasteiger partial charge in [-0.25, -0.2) is 0 Å². The van der Waals surface area contributed by atoms with Gasteiger partial charge >= 0.3 is 0 Å². The topological polar surface area (TPSA) is 128 Å². The van der Waals surface area contributed by atoms with E-state index in [1.165, 1.54) is 11.8 Å². The first kappa shape index (κ1) is 21.4. The number of nitrogens with zero attached hydrogens (tertiary/aromatic N) is 1. The molecule has 1 unspecified atom stereocenters. The number of amides is 4. The number of carbonyl (C=O) groups excluding carboxylic acids is 4. The van der Waals surface area contributed by atoms with Crippen LogP contribution in [-0.2, 0) is 19.1 Å². The third-order valence-electron chi connectivity index (χ3n) is 4.55. The molecule has 0 aromatic heterocycles. The first-order valence-corrected chi connectivity index (χ1v) is 10.4. The van der Waals surface area contributed by atoms with Gasteiger partial charge in [0.1, 0.15) is 6.04 Å². The number of rotatable bonds is 10. The molecule has 156 valence electrons. The highest BCUT2D eigenvalue weighted by Gasteiger charge is 2.45. The number of benzene rings is 1. The van der Waals surface area contributed by atoms with Crippen molar-refractivity contribution in [2.24, 2.45) is 5.73 Å². The Morgan fingerprint density at radius 2 is 1.83 bits per heavy atom. The molecule has 2 heterocycles. The fourth-order valence-corrected chi connectivity index (χ4v) is 4.16. The van der Waals surface area contributed by atoms with Crippen LogP contribution < -0.4 is 11.1 Å². The molecule has 0 aliphatic carbocycles. The van der Waals surface area contributed by atoms with Gasteiger partial charge in [-0.2, -0.15) is 0 Å². The average Bonchev–Trinajstić information content (AvgIpc) is 2.95. The molecule has 3 N–H and O–H groups in total. The first-order valence-electron chi connectivity index (χ1n) is 9.37. The Kier molecular flexibility index (Phi) is 7.37. The third kappa shape index (κ3) is 4.84. The van der Waals surface area contributed by atoms with Crippen LogP contribution in [0.4, 0.5) is 0 Å². The second kappa shape index (κ2) is 9.97. The number of thioether (sulfide) groups is 1. The van der Waals surface area contributed by atoms with Crippen LogP contribution in [0.5, 0.6) is 0 Å². The average molecular weight is 421 g/mol. The third-order valence-corrected chi connectivity index (χ3v) is 5.57. The molecule has 1 aromatic carbocycles. The van der Waals surface area contributed by atoms with Crippen molar-refractivity contribution in [2.45, 2.75) is 23.8 Å². The summed E-state index contributed by atoms with van der Waals surface area (Å²) in [4.78, 5) is 50.9. The Hall–Kier alpha value is -2.27. The van der Waals surface area contributed by atoms with E-state index in [-0.39, 0.29) is 18.4 Å². The molecule has 0 spiro atoms. The van der Waals surface area contributed by atoms with Crippen molar-refractivity contribution in [2.75, 3.05) is 38.7 Å². The maximum Gasteiger partial charge on any atom is 0.263 e. The van der Waals surface area contributed by atoms with Gasteiger partial charge < -0.3 is 15.2 Å². The van der Waals surface area contributed by atoms with Gasteiger partial charge in [0.25, 0.3) is 11.8 Å². The summed E-state index contributed by atoms with van der Waals surface area (Å²) in [6.45, 7) is 2.34. The molecular weight excluding hydrogens is 398 g/mol. The number of imide groups is 2. The predicted molar refractivity (Wildman–Crippen MR) is 105 cm³/mol. The van der Waals surface area contributed by atoms with E-state index in [0.29, 0.717) is 49.2 Å². The summed E-state index contributed by atoms with van der Waals surface area (Å²) in [5.41, 5.74) is 5.91. The minimum absolute atomic E-state index is 0.0950. The highest BCUT2D eigenvalue weighted by Crippen LogP contribution is 2.34. The predicted octanol–water partition coefficient (Wildman–Crippen LogP) is 0.172. The van der Waals surface area contributed by atoms with Crippen LogP contribution >= 0.6 is 11.8 Å². The van der Waals surface area contributed by atoms with Gasteiger partial charge in [0.2, 0.25) is 11.8 Å². The SMILES string of the molecule is NCCOCCOCCSc1cccc2c1C(=O)N(C1CCC(=O)NC1=O)C2=O. The minimum atomic E-state index is -0.963. The summed E-state index contributed by atoms with van der Waals surface area (Å²) in [5.74, 6) is -1.43. The molecule has 0 radical (unpaired) electrons. The zero-order chi connectivity index (χ0) is 20.8. The van der Waals surface area contributed by atoms with Gasteiger partial charge in [0.15, 0.2) is 0 Å². The lowest BCUT2D eigenvalue weighted by atomic mass is 10.0. The van der Waals surface area contributed by atoms with Crippen molar-refractivity contribution in [1.29, 1.82) is 0 Å². The second-order valence-corrected chi connectivity index (χ2v) is 7.62. The number of hydrogen-bond acceptors (Lipinski definition) is 8. The Morgan fingerprint density at radius 1 is 1.07 bits per heavy atom. The maximum atomic E-state index is 13.0. The Morgan fingerprint density at radius 3 is 2.55 bits per heavy atom. The number of fused-ring (bicyclic) bond motifs is 1. The molecule has 0 saturated carbocycles. The highest BCUT2D eigenvalue weighted by atomic mass is 32.2. The first-order chi connectivity index (χ1) is 14.0. The van der Waals surface area contributed by atoms with Gasteiger partial charge in [-0.3, -0.25) is 29.4 Å². The van der Waals surface area contributed by atoms with E-state index in [4.69, 9.17) is 15.2 Å². The smallest absolute Gasteiger partial charge is 0.263 e. The van der Waals surface area contributed by atoms with Crippen molar-refractivity contribution >= 4 is 35.4 Å². The van der Waals surface area contributed by atoms with Crippen LogP contribution in [0, 0.1) is 0 Å². The summed E-state index contributed by atoms with van der Waals surface area (Å²) in [6, 6.07) is 4.10. The lowest BCUT2D eigenvalue weighted by Crippen LogP contribution is -2.54. The summed E-state index contributed by atoms with van der Waals surface area (Å²) in [7, 11) is 0. The van der Waals surface area contributed by atoms with E-state index in [9.17, 15) is 19.2 Å². The monoisotopic (exact) mass is 421 g/mol. The van der Waals surface area contributed by atoms with Crippen LogP contribution in [0.25, 0.3) is 0 Å². The van der Waals surface area contributed by atoms with Crippen LogP contribution in [0.2, 0.25) is 0 Å². The largest absolute Gasteiger partial charge is 0.378 e. The van der Waals surface area contributed by atoms with Gasteiger partial charge in [0.05, 0.1) is 37.6 Å². The van der Waals surface area contributed by atoms with Crippen LogP contribution in [0.15, 0.2) is 23.1 Å². The Balaban J connectivity index is 1.61. The molecule has 29 heavy (non-hydrogen) atoms. The molecule has 1 aromatic rings. The molecule has 1 saturated heterocycles. The molecule has 2 aliphatic heterocycles. The highest BCUT2D eigenvalue weighted by molar-refractivity contribution is 7.99. The number of nitrogens with one attached hydrogen (secondary N) is 1. The summed E-state index contributed by atoms with van der Waals surface area (Å²) < 4.78 is 10.7. The number of carbonyl (C=O) groups is 4. The standard InChI is InChI=1S/C19H23N3O6S/c20-6-7-27-8-9-28-10-11-29-14-3-1-2-12-16(14)19(26)22(18(12)25)13-4-5-15(23)21-17(13)24/h1-3,13H,4-11,20H2,(H,21,23,24). The van der Waals surface area contributed by atoms with E-state index < -0.39 is 29.7 Å². The normalized spacial score (nSPS) is 18.9. The van der Waals surface area contributed by atoms with E-state index in [2.05, 4.69) is 5.32 Å². The van der Waals surface area contributed by atoms with Crippen molar-refractivity contribution in [1.82, 2.24) is 10.2 Å². The van der Waals surface area contributed by atoms with Crippen molar-refractivity contribution in [3.05, 3.63) is 29.3 Å². The Bertz CT molecular complexity index is 815. The lowest BCUT2D eigenvalue weighted by Gasteiger charge is -2.27. The molecule has 1 fully saturated rings. The summed E-state index contributed by atoms with van der Waals surface area (Å²) in [6.07, 6.45) is 0.233. The fourth-order valence-electron chi connectivity index (χ4n) is 3.22. The van der Waals surface area contributed by atoms with E-state index in [1.54, 1.807) is 18.2 Å². The van der Waals surface area contributed by atoms with Crippen LogP contribution in [0.3, 0.4) is 0 Å². The summed E-state index contributed by atoms with van der Waals surface area (Å²) >= 11 is 1.41. The number of nitrogens with two attached hydrogens (primary N) is 1. The molecule has 10 heteroatoms. The number of hydrogen-bond donors (Lipinski definition) is 2. The Labute approximate surface area is 172 Å². The maximum absolute atomic E-state index is 13.0. The second-order valence-electron chi connectivity index (χ2n) is 6.49. The molecule has 2 aliphatic rings. The van der Waals surface area contributed by atoms with Gasteiger partial charge in [-0.1, -0.05) is 6.07 Å². The fraction of sp³-hybridized carbons (Fsp3) is 0.474.